The predicted octanol–water partition coefficient (Wildman–Crippen LogP) is 6.34. The Morgan fingerprint density at radius 3 is 2.58 bits per heavy atom. The first-order chi connectivity index (χ1) is 12.7. The molecular formula is C23H16N2S. The van der Waals surface area contributed by atoms with E-state index in [4.69, 9.17) is 0 Å². The maximum atomic E-state index is 9.68. The number of allylic oxidation sites excluding steroid dienone is 1. The summed E-state index contributed by atoms with van der Waals surface area (Å²) in [6, 6.07) is 24.9. The molecule has 0 aliphatic heterocycles. The molecule has 0 saturated heterocycles. The van der Waals surface area contributed by atoms with Crippen molar-refractivity contribution in [3.05, 3.63) is 88.2 Å². The minimum Gasteiger partial charge on any atom is -0.235 e. The van der Waals surface area contributed by atoms with Crippen LogP contribution in [0, 0.1) is 18.3 Å². The summed E-state index contributed by atoms with van der Waals surface area (Å²) in [5, 5.41) is 14.7. The third-order valence-corrected chi connectivity index (χ3v) is 5.20. The van der Waals surface area contributed by atoms with Gasteiger partial charge in [-0.2, -0.15) is 5.26 Å². The molecule has 4 rings (SSSR count). The van der Waals surface area contributed by atoms with Gasteiger partial charge in [-0.1, -0.05) is 72.3 Å². The zero-order chi connectivity index (χ0) is 17.9. The summed E-state index contributed by atoms with van der Waals surface area (Å²) in [7, 11) is 0. The van der Waals surface area contributed by atoms with Gasteiger partial charge < -0.3 is 0 Å². The zero-order valence-corrected chi connectivity index (χ0v) is 15.1. The number of fused-ring (bicyclic) bond motifs is 1. The lowest BCUT2D eigenvalue weighted by Gasteiger charge is -2.02. The van der Waals surface area contributed by atoms with Gasteiger partial charge in [-0.25, -0.2) is 4.98 Å². The van der Waals surface area contributed by atoms with Gasteiger partial charge in [0.05, 0.1) is 11.3 Å². The Bertz CT molecular complexity index is 1140. The molecule has 0 unspecified atom stereocenters. The number of aromatic nitrogens is 1. The van der Waals surface area contributed by atoms with E-state index in [1.54, 1.807) is 0 Å². The molecule has 26 heavy (non-hydrogen) atoms. The van der Waals surface area contributed by atoms with Crippen molar-refractivity contribution in [2.75, 3.05) is 0 Å². The molecule has 0 saturated carbocycles. The summed E-state index contributed by atoms with van der Waals surface area (Å²) in [4.78, 5) is 4.69. The Kier molecular flexibility index (Phi) is 4.35. The van der Waals surface area contributed by atoms with Gasteiger partial charge >= 0.3 is 0 Å². The fourth-order valence-corrected chi connectivity index (χ4v) is 3.72. The molecule has 124 valence electrons. The summed E-state index contributed by atoms with van der Waals surface area (Å²) >= 11 is 1.50. The highest BCUT2D eigenvalue weighted by Crippen LogP contribution is 2.29. The molecule has 2 nitrogen and oxygen atoms in total. The van der Waals surface area contributed by atoms with Crippen LogP contribution in [0.15, 0.2) is 72.1 Å². The lowest BCUT2D eigenvalue weighted by atomic mass is 10.0. The molecule has 1 heterocycles. The van der Waals surface area contributed by atoms with E-state index in [1.807, 2.05) is 35.7 Å². The maximum Gasteiger partial charge on any atom is 0.134 e. The highest BCUT2D eigenvalue weighted by molar-refractivity contribution is 7.11. The maximum absolute atomic E-state index is 9.68. The monoisotopic (exact) mass is 352 g/mol. The first kappa shape index (κ1) is 16.3. The summed E-state index contributed by atoms with van der Waals surface area (Å²) in [6.07, 6.45) is 1.93. The molecule has 0 N–H and O–H groups in total. The molecule has 3 aromatic carbocycles. The van der Waals surface area contributed by atoms with E-state index >= 15 is 0 Å². The van der Waals surface area contributed by atoms with Gasteiger partial charge in [0.2, 0.25) is 0 Å². The summed E-state index contributed by atoms with van der Waals surface area (Å²) in [5.74, 6) is 0. The number of rotatable bonds is 3. The third-order valence-electron chi connectivity index (χ3n) is 4.33. The number of aryl methyl sites for hydroxylation is 1. The molecule has 1 aromatic heterocycles. The number of hydrogen-bond donors (Lipinski definition) is 0. The Labute approximate surface area is 156 Å². The first-order valence-electron chi connectivity index (χ1n) is 8.37. The average molecular weight is 352 g/mol. The van der Waals surface area contributed by atoms with Crippen molar-refractivity contribution < 1.29 is 0 Å². The van der Waals surface area contributed by atoms with Crippen LogP contribution in [-0.4, -0.2) is 4.98 Å². The van der Waals surface area contributed by atoms with Crippen LogP contribution < -0.4 is 0 Å². The molecule has 0 fully saturated rings. The second kappa shape index (κ2) is 6.95. The minimum absolute atomic E-state index is 0.588. The standard InChI is InChI=1S/C23H16N2S/c1-16-9-11-18(12-10-16)22-15-26-23(25-22)20(14-24)13-19-7-4-6-17-5-2-3-8-21(17)19/h2-13,15H,1H3/b20-13-. The molecular weight excluding hydrogens is 336 g/mol. The zero-order valence-electron chi connectivity index (χ0n) is 14.3. The van der Waals surface area contributed by atoms with Crippen LogP contribution >= 0.6 is 11.3 Å². The molecule has 4 aromatic rings. The van der Waals surface area contributed by atoms with Crippen molar-refractivity contribution in [3.8, 4) is 17.3 Å². The largest absolute Gasteiger partial charge is 0.235 e. The number of nitriles is 1. The van der Waals surface area contributed by atoms with E-state index in [0.717, 1.165) is 32.6 Å². The molecule has 0 spiro atoms. The van der Waals surface area contributed by atoms with Crippen LogP contribution in [0.2, 0.25) is 0 Å². The Morgan fingerprint density at radius 1 is 1.00 bits per heavy atom. The van der Waals surface area contributed by atoms with Crippen molar-refractivity contribution in [2.45, 2.75) is 6.92 Å². The molecule has 0 bridgehead atoms. The van der Waals surface area contributed by atoms with Gasteiger partial charge in [-0.3, -0.25) is 0 Å². The van der Waals surface area contributed by atoms with Crippen LogP contribution in [0.3, 0.4) is 0 Å². The number of nitrogens with zero attached hydrogens (tertiary/aromatic N) is 2. The molecule has 0 aliphatic carbocycles. The van der Waals surface area contributed by atoms with Gasteiger partial charge in [0.15, 0.2) is 0 Å². The predicted molar refractivity (Wildman–Crippen MR) is 110 cm³/mol. The van der Waals surface area contributed by atoms with Gasteiger partial charge in [0.25, 0.3) is 0 Å². The van der Waals surface area contributed by atoms with Gasteiger partial charge in [0, 0.05) is 10.9 Å². The SMILES string of the molecule is Cc1ccc(-c2csc(/C(C#N)=C\c3cccc4ccccc34)n2)cc1. The molecule has 0 atom stereocenters. The van der Waals surface area contributed by atoms with E-state index in [9.17, 15) is 5.26 Å². The van der Waals surface area contributed by atoms with Crippen molar-refractivity contribution >= 4 is 33.8 Å². The van der Waals surface area contributed by atoms with Crippen LogP contribution in [0.4, 0.5) is 0 Å². The summed E-state index contributed by atoms with van der Waals surface area (Å²) in [5.41, 5.74) is 4.82. The fourth-order valence-electron chi connectivity index (χ4n) is 2.93. The van der Waals surface area contributed by atoms with Crippen molar-refractivity contribution in [1.29, 1.82) is 5.26 Å². The summed E-state index contributed by atoms with van der Waals surface area (Å²) < 4.78 is 0. The van der Waals surface area contributed by atoms with Crippen LogP contribution in [-0.2, 0) is 0 Å². The quantitative estimate of drug-likeness (QED) is 0.404. The molecule has 0 amide bonds. The molecule has 3 heteroatoms. The minimum atomic E-state index is 0.588. The van der Waals surface area contributed by atoms with E-state index < -0.39 is 0 Å². The molecule has 0 radical (unpaired) electrons. The topological polar surface area (TPSA) is 36.7 Å². The number of thiazole rings is 1. The van der Waals surface area contributed by atoms with E-state index in [0.29, 0.717) is 5.57 Å². The lowest BCUT2D eigenvalue weighted by Crippen LogP contribution is -1.84. The fraction of sp³-hybridized carbons (Fsp3) is 0.0435. The van der Waals surface area contributed by atoms with Crippen LogP contribution in [0.25, 0.3) is 33.7 Å². The second-order valence-corrected chi connectivity index (χ2v) is 7.00. The van der Waals surface area contributed by atoms with E-state index in [1.165, 1.54) is 16.9 Å². The van der Waals surface area contributed by atoms with Crippen molar-refractivity contribution in [2.24, 2.45) is 0 Å². The average Bonchev–Trinajstić information content (AvgIpc) is 3.16. The smallest absolute Gasteiger partial charge is 0.134 e. The van der Waals surface area contributed by atoms with E-state index in [2.05, 4.69) is 60.4 Å². The second-order valence-electron chi connectivity index (χ2n) is 6.14. The molecule has 0 aliphatic rings. The normalized spacial score (nSPS) is 11.5. The van der Waals surface area contributed by atoms with Gasteiger partial charge in [-0.05, 0) is 29.3 Å². The number of benzene rings is 3. The summed E-state index contributed by atoms with van der Waals surface area (Å²) in [6.45, 7) is 2.07. The Morgan fingerprint density at radius 2 is 1.77 bits per heavy atom. The van der Waals surface area contributed by atoms with Gasteiger partial charge in [-0.15, -0.1) is 11.3 Å². The van der Waals surface area contributed by atoms with Crippen molar-refractivity contribution in [1.82, 2.24) is 4.98 Å². The highest BCUT2D eigenvalue weighted by Gasteiger charge is 2.10. The van der Waals surface area contributed by atoms with Crippen LogP contribution in [0.5, 0.6) is 0 Å². The van der Waals surface area contributed by atoms with Crippen molar-refractivity contribution in [3.63, 3.8) is 0 Å². The third kappa shape index (κ3) is 3.15. The Hall–Kier alpha value is -3.22. The van der Waals surface area contributed by atoms with Gasteiger partial charge in [0.1, 0.15) is 11.1 Å². The Balaban J connectivity index is 1.75. The first-order valence-corrected chi connectivity index (χ1v) is 9.25. The number of hydrogen-bond acceptors (Lipinski definition) is 3. The highest BCUT2D eigenvalue weighted by atomic mass is 32.1. The van der Waals surface area contributed by atoms with E-state index in [-0.39, 0.29) is 0 Å². The van der Waals surface area contributed by atoms with Crippen LogP contribution in [0.1, 0.15) is 16.1 Å². The lowest BCUT2D eigenvalue weighted by molar-refractivity contribution is 1.36.